The molecule has 3 nitrogen and oxygen atoms in total. The minimum Gasteiger partial charge on any atom is -0.493 e. The maximum Gasteiger partial charge on any atom is 0.161 e. The zero-order valence-electron chi connectivity index (χ0n) is 12.3. The molecule has 0 unspecified atom stereocenters. The Hall–Kier alpha value is -1.48. The van der Waals surface area contributed by atoms with Gasteiger partial charge in [0.15, 0.2) is 11.5 Å². The quantitative estimate of drug-likeness (QED) is 0.819. The van der Waals surface area contributed by atoms with Gasteiger partial charge in [-0.25, -0.2) is 0 Å². The van der Waals surface area contributed by atoms with Crippen molar-refractivity contribution in [3.63, 3.8) is 0 Å². The van der Waals surface area contributed by atoms with E-state index in [9.17, 15) is 5.11 Å². The molecular formula is C16H24O3. The zero-order chi connectivity index (χ0) is 14.3. The lowest BCUT2D eigenvalue weighted by atomic mass is 10.0. The lowest BCUT2D eigenvalue weighted by molar-refractivity contribution is 0.294. The van der Waals surface area contributed by atoms with Gasteiger partial charge in [0.05, 0.1) is 20.3 Å². The number of aliphatic hydroxyl groups excluding tert-OH is 1. The van der Waals surface area contributed by atoms with Crippen molar-refractivity contribution in [1.82, 2.24) is 0 Å². The average molecular weight is 264 g/mol. The van der Waals surface area contributed by atoms with Crippen LogP contribution in [0.2, 0.25) is 0 Å². The molecule has 0 saturated carbocycles. The van der Waals surface area contributed by atoms with E-state index >= 15 is 0 Å². The van der Waals surface area contributed by atoms with Gasteiger partial charge in [-0.1, -0.05) is 32.9 Å². The van der Waals surface area contributed by atoms with E-state index in [4.69, 9.17) is 9.47 Å². The molecule has 0 amide bonds. The van der Waals surface area contributed by atoms with Gasteiger partial charge in [-0.3, -0.25) is 0 Å². The lowest BCUT2D eigenvalue weighted by Crippen LogP contribution is -2.00. The summed E-state index contributed by atoms with van der Waals surface area (Å²) in [6, 6.07) is 5.82. The van der Waals surface area contributed by atoms with Crippen LogP contribution in [0.3, 0.4) is 0 Å². The van der Waals surface area contributed by atoms with Crippen molar-refractivity contribution in [3.8, 4) is 11.5 Å². The van der Waals surface area contributed by atoms with Crippen LogP contribution in [-0.2, 0) is 0 Å². The Morgan fingerprint density at radius 3 is 2.58 bits per heavy atom. The van der Waals surface area contributed by atoms with Gasteiger partial charge in [0.2, 0.25) is 0 Å². The number of hydrogen-bond acceptors (Lipinski definition) is 3. The van der Waals surface area contributed by atoms with E-state index < -0.39 is 0 Å². The van der Waals surface area contributed by atoms with Crippen LogP contribution >= 0.6 is 0 Å². The van der Waals surface area contributed by atoms with E-state index in [-0.39, 0.29) is 6.61 Å². The van der Waals surface area contributed by atoms with Crippen molar-refractivity contribution in [3.05, 3.63) is 29.3 Å². The predicted molar refractivity (Wildman–Crippen MR) is 78.7 cm³/mol. The molecule has 0 aliphatic heterocycles. The summed E-state index contributed by atoms with van der Waals surface area (Å²) in [5.41, 5.74) is 2.02. The highest BCUT2D eigenvalue weighted by Crippen LogP contribution is 2.29. The van der Waals surface area contributed by atoms with E-state index in [1.54, 1.807) is 7.11 Å². The summed E-state index contributed by atoms with van der Waals surface area (Å²) < 4.78 is 11.0. The van der Waals surface area contributed by atoms with E-state index in [1.807, 2.05) is 24.3 Å². The summed E-state index contributed by atoms with van der Waals surface area (Å²) in [5.74, 6) is 1.81. The molecule has 0 bridgehead atoms. The van der Waals surface area contributed by atoms with Gasteiger partial charge in [-0.2, -0.15) is 0 Å². The zero-order valence-corrected chi connectivity index (χ0v) is 12.3. The smallest absolute Gasteiger partial charge is 0.161 e. The van der Waals surface area contributed by atoms with Crippen LogP contribution in [0.25, 0.3) is 6.08 Å². The molecule has 0 aliphatic carbocycles. The van der Waals surface area contributed by atoms with Gasteiger partial charge in [-0.05, 0) is 35.6 Å². The van der Waals surface area contributed by atoms with Crippen LogP contribution in [0.15, 0.2) is 23.8 Å². The minimum absolute atomic E-state index is 0.0774. The summed E-state index contributed by atoms with van der Waals surface area (Å²) in [6.45, 7) is 6.96. The van der Waals surface area contributed by atoms with Gasteiger partial charge in [0, 0.05) is 0 Å². The Balaban J connectivity index is 2.99. The van der Waals surface area contributed by atoms with Crippen molar-refractivity contribution in [2.45, 2.75) is 27.2 Å². The first kappa shape index (κ1) is 15.6. The highest BCUT2D eigenvalue weighted by atomic mass is 16.5. The normalized spacial score (nSPS) is 11.8. The topological polar surface area (TPSA) is 38.7 Å². The number of methoxy groups -OCH3 is 1. The van der Waals surface area contributed by atoms with Crippen molar-refractivity contribution >= 4 is 6.08 Å². The standard InChI is InChI=1S/C16H24O3/c1-5-8-19-15-7-6-13(10-16(15)18-4)9-14(11-17)12(2)3/h6-7,9-10,12,17H,5,8,11H2,1-4H3. The first-order valence-corrected chi connectivity index (χ1v) is 6.74. The second-order valence-electron chi connectivity index (χ2n) is 4.79. The maximum atomic E-state index is 9.33. The molecule has 3 heteroatoms. The largest absolute Gasteiger partial charge is 0.493 e. The Bertz CT molecular complexity index is 422. The Labute approximate surface area is 115 Å². The Kier molecular flexibility index (Phi) is 6.43. The highest BCUT2D eigenvalue weighted by Gasteiger charge is 2.06. The molecule has 1 N–H and O–H groups in total. The Morgan fingerprint density at radius 1 is 1.32 bits per heavy atom. The SMILES string of the molecule is CCCOc1ccc(C=C(CO)C(C)C)cc1OC. The fraction of sp³-hybridized carbons (Fsp3) is 0.500. The number of aliphatic hydroxyl groups is 1. The van der Waals surface area contributed by atoms with Gasteiger partial charge >= 0.3 is 0 Å². The third-order valence-corrected chi connectivity index (χ3v) is 2.93. The van der Waals surface area contributed by atoms with E-state index in [2.05, 4.69) is 20.8 Å². The first-order chi connectivity index (χ1) is 9.12. The molecule has 1 rings (SSSR count). The third kappa shape index (κ3) is 4.60. The van der Waals surface area contributed by atoms with Crippen LogP contribution in [-0.4, -0.2) is 25.4 Å². The number of ether oxygens (including phenoxy) is 2. The summed E-state index contributed by atoms with van der Waals surface area (Å²) in [7, 11) is 1.64. The molecule has 0 fully saturated rings. The third-order valence-electron chi connectivity index (χ3n) is 2.93. The molecule has 0 heterocycles. The molecule has 19 heavy (non-hydrogen) atoms. The summed E-state index contributed by atoms with van der Waals surface area (Å²) in [5, 5.41) is 9.33. The fourth-order valence-electron chi connectivity index (χ4n) is 1.71. The van der Waals surface area contributed by atoms with Gasteiger partial charge in [-0.15, -0.1) is 0 Å². The number of benzene rings is 1. The van der Waals surface area contributed by atoms with Crippen molar-refractivity contribution in [1.29, 1.82) is 0 Å². The molecule has 0 aromatic heterocycles. The van der Waals surface area contributed by atoms with E-state index in [1.165, 1.54) is 0 Å². The fourth-order valence-corrected chi connectivity index (χ4v) is 1.71. The molecule has 0 radical (unpaired) electrons. The molecule has 0 spiro atoms. The molecule has 1 aromatic rings. The molecule has 1 aromatic carbocycles. The second-order valence-corrected chi connectivity index (χ2v) is 4.79. The van der Waals surface area contributed by atoms with Crippen LogP contribution in [0.5, 0.6) is 11.5 Å². The van der Waals surface area contributed by atoms with Crippen LogP contribution in [0.1, 0.15) is 32.8 Å². The predicted octanol–water partition coefficient (Wildman–Crippen LogP) is 3.52. The molecule has 0 atom stereocenters. The van der Waals surface area contributed by atoms with Crippen LogP contribution in [0.4, 0.5) is 0 Å². The monoisotopic (exact) mass is 264 g/mol. The number of hydrogen-bond donors (Lipinski definition) is 1. The second kappa shape index (κ2) is 7.85. The summed E-state index contributed by atoms with van der Waals surface area (Å²) in [6.07, 6.45) is 2.96. The number of rotatable bonds is 7. The van der Waals surface area contributed by atoms with E-state index in [0.717, 1.165) is 29.1 Å². The molecule has 106 valence electrons. The minimum atomic E-state index is 0.0774. The van der Waals surface area contributed by atoms with Crippen LogP contribution in [0, 0.1) is 5.92 Å². The molecule has 0 aliphatic rings. The Morgan fingerprint density at radius 2 is 2.05 bits per heavy atom. The molecule has 0 saturated heterocycles. The molecular weight excluding hydrogens is 240 g/mol. The van der Waals surface area contributed by atoms with E-state index in [0.29, 0.717) is 12.5 Å². The van der Waals surface area contributed by atoms with Gasteiger partial charge in [0.1, 0.15) is 0 Å². The summed E-state index contributed by atoms with van der Waals surface area (Å²) in [4.78, 5) is 0. The maximum absolute atomic E-state index is 9.33. The highest BCUT2D eigenvalue weighted by molar-refractivity contribution is 5.58. The van der Waals surface area contributed by atoms with Gasteiger partial charge in [0.25, 0.3) is 0 Å². The van der Waals surface area contributed by atoms with Crippen molar-refractivity contribution in [2.75, 3.05) is 20.3 Å². The van der Waals surface area contributed by atoms with Crippen molar-refractivity contribution < 1.29 is 14.6 Å². The lowest BCUT2D eigenvalue weighted by Gasteiger charge is -2.12. The van der Waals surface area contributed by atoms with Crippen molar-refractivity contribution in [2.24, 2.45) is 5.92 Å². The van der Waals surface area contributed by atoms with Crippen LogP contribution < -0.4 is 9.47 Å². The van der Waals surface area contributed by atoms with Gasteiger partial charge < -0.3 is 14.6 Å². The first-order valence-electron chi connectivity index (χ1n) is 6.74. The average Bonchev–Trinajstić information content (AvgIpc) is 2.42. The summed E-state index contributed by atoms with van der Waals surface area (Å²) >= 11 is 0.